The molecule has 0 aliphatic heterocycles. The Labute approximate surface area is 118 Å². The van der Waals surface area contributed by atoms with Crippen LogP contribution in [-0.4, -0.2) is 0 Å². The van der Waals surface area contributed by atoms with E-state index in [1.54, 1.807) is 12.1 Å². The lowest BCUT2D eigenvalue weighted by Gasteiger charge is -2.13. The van der Waals surface area contributed by atoms with E-state index in [9.17, 15) is 13.2 Å². The molecule has 0 atom stereocenters. The SMILES string of the molecule is Cc1ccc(Oc2cc(Cl)c(C(F)(F)F)cc2N)cc1. The molecule has 2 N–H and O–H groups in total. The average Bonchev–Trinajstić information content (AvgIpc) is 2.35. The summed E-state index contributed by atoms with van der Waals surface area (Å²) in [5, 5.41) is -0.450. The van der Waals surface area contributed by atoms with Crippen LogP contribution in [0.25, 0.3) is 0 Å². The van der Waals surface area contributed by atoms with Crippen molar-refractivity contribution in [1.29, 1.82) is 0 Å². The summed E-state index contributed by atoms with van der Waals surface area (Å²) in [7, 11) is 0. The fourth-order valence-corrected chi connectivity index (χ4v) is 1.87. The van der Waals surface area contributed by atoms with Gasteiger partial charge in [0.25, 0.3) is 0 Å². The Kier molecular flexibility index (Phi) is 3.81. The summed E-state index contributed by atoms with van der Waals surface area (Å²) >= 11 is 5.62. The second-order valence-corrected chi connectivity index (χ2v) is 4.69. The molecule has 20 heavy (non-hydrogen) atoms. The highest BCUT2D eigenvalue weighted by Crippen LogP contribution is 2.40. The van der Waals surface area contributed by atoms with Crippen LogP contribution in [-0.2, 0) is 6.18 Å². The van der Waals surface area contributed by atoms with Crippen molar-refractivity contribution >= 4 is 17.3 Å². The van der Waals surface area contributed by atoms with Crippen LogP contribution in [0.3, 0.4) is 0 Å². The van der Waals surface area contributed by atoms with Gasteiger partial charge in [0.2, 0.25) is 0 Å². The first kappa shape index (κ1) is 14.5. The maximum absolute atomic E-state index is 12.7. The second kappa shape index (κ2) is 5.25. The molecule has 0 fully saturated rings. The van der Waals surface area contributed by atoms with Crippen LogP contribution in [0, 0.1) is 6.92 Å². The molecule has 0 aliphatic rings. The van der Waals surface area contributed by atoms with Crippen molar-refractivity contribution in [2.75, 3.05) is 5.73 Å². The topological polar surface area (TPSA) is 35.2 Å². The number of aryl methyl sites for hydroxylation is 1. The molecule has 2 nitrogen and oxygen atoms in total. The molecule has 106 valence electrons. The molecular weight excluding hydrogens is 291 g/mol. The van der Waals surface area contributed by atoms with Crippen LogP contribution in [0.1, 0.15) is 11.1 Å². The molecule has 0 aromatic heterocycles. The van der Waals surface area contributed by atoms with E-state index in [0.29, 0.717) is 5.75 Å². The van der Waals surface area contributed by atoms with Crippen LogP contribution in [0.2, 0.25) is 5.02 Å². The Bertz CT molecular complexity index is 624. The first-order valence-electron chi connectivity index (χ1n) is 5.68. The molecule has 0 spiro atoms. The van der Waals surface area contributed by atoms with Gasteiger partial charge in [-0.3, -0.25) is 0 Å². The maximum Gasteiger partial charge on any atom is 0.417 e. The minimum Gasteiger partial charge on any atom is -0.455 e. The predicted octanol–water partition coefficient (Wildman–Crippen LogP) is 5.04. The van der Waals surface area contributed by atoms with Crippen LogP contribution >= 0.6 is 11.6 Å². The molecule has 0 saturated heterocycles. The fraction of sp³-hybridized carbons (Fsp3) is 0.143. The molecule has 0 radical (unpaired) electrons. The van der Waals surface area contributed by atoms with E-state index >= 15 is 0 Å². The molecule has 2 rings (SSSR count). The number of nitrogen functional groups attached to an aromatic ring is 1. The van der Waals surface area contributed by atoms with Crippen LogP contribution in [0.15, 0.2) is 36.4 Å². The van der Waals surface area contributed by atoms with Crippen LogP contribution < -0.4 is 10.5 Å². The van der Waals surface area contributed by atoms with E-state index in [1.165, 1.54) is 0 Å². The second-order valence-electron chi connectivity index (χ2n) is 4.28. The molecule has 0 aliphatic carbocycles. The number of anilines is 1. The normalized spacial score (nSPS) is 11.4. The van der Waals surface area contributed by atoms with Crippen molar-refractivity contribution in [2.24, 2.45) is 0 Å². The number of hydrogen-bond acceptors (Lipinski definition) is 2. The first-order chi connectivity index (χ1) is 9.27. The van der Waals surface area contributed by atoms with Gasteiger partial charge < -0.3 is 10.5 Å². The minimum absolute atomic E-state index is 0.0897. The van der Waals surface area contributed by atoms with Gasteiger partial charge in [-0.25, -0.2) is 0 Å². The van der Waals surface area contributed by atoms with Gasteiger partial charge in [-0.2, -0.15) is 13.2 Å². The number of alkyl halides is 3. The van der Waals surface area contributed by atoms with Gasteiger partial charge in [0.1, 0.15) is 5.75 Å². The van der Waals surface area contributed by atoms with Crippen molar-refractivity contribution in [3.63, 3.8) is 0 Å². The summed E-state index contributed by atoms with van der Waals surface area (Å²) in [6, 6.07) is 8.86. The smallest absolute Gasteiger partial charge is 0.417 e. The Hall–Kier alpha value is -1.88. The van der Waals surface area contributed by atoms with E-state index < -0.39 is 16.8 Å². The van der Waals surface area contributed by atoms with Crippen LogP contribution in [0.5, 0.6) is 11.5 Å². The maximum atomic E-state index is 12.7. The standard InChI is InChI=1S/C14H11ClF3NO/c1-8-2-4-9(5-3-8)20-13-7-11(15)10(6-12(13)19)14(16,17)18/h2-7H,19H2,1H3. The third-order valence-corrected chi connectivity index (χ3v) is 2.97. The quantitative estimate of drug-likeness (QED) is 0.789. The fourth-order valence-electron chi connectivity index (χ4n) is 1.61. The van der Waals surface area contributed by atoms with Crippen molar-refractivity contribution in [3.05, 3.63) is 52.5 Å². The highest BCUT2D eigenvalue weighted by atomic mass is 35.5. The molecule has 0 bridgehead atoms. The predicted molar refractivity (Wildman–Crippen MR) is 72.1 cm³/mol. The van der Waals surface area contributed by atoms with Gasteiger partial charge >= 0.3 is 6.18 Å². The lowest BCUT2D eigenvalue weighted by molar-refractivity contribution is -0.137. The summed E-state index contributed by atoms with van der Waals surface area (Å²) in [5.74, 6) is 0.560. The van der Waals surface area contributed by atoms with E-state index in [2.05, 4.69) is 0 Å². The Morgan fingerprint density at radius 1 is 1.10 bits per heavy atom. The monoisotopic (exact) mass is 301 g/mol. The van der Waals surface area contributed by atoms with E-state index in [-0.39, 0.29) is 11.4 Å². The number of benzene rings is 2. The Morgan fingerprint density at radius 3 is 2.25 bits per heavy atom. The third kappa shape index (κ3) is 3.17. The minimum atomic E-state index is -4.55. The molecular formula is C14H11ClF3NO. The van der Waals surface area contributed by atoms with Gasteiger partial charge in [0, 0.05) is 6.07 Å². The molecule has 0 saturated carbocycles. The zero-order valence-corrected chi connectivity index (χ0v) is 11.2. The van der Waals surface area contributed by atoms with Gasteiger partial charge in [0.15, 0.2) is 5.75 Å². The molecule has 0 heterocycles. The molecule has 0 unspecified atom stereocenters. The largest absolute Gasteiger partial charge is 0.455 e. The van der Waals surface area contributed by atoms with E-state index in [0.717, 1.165) is 17.7 Å². The van der Waals surface area contributed by atoms with Gasteiger partial charge in [-0.15, -0.1) is 0 Å². The van der Waals surface area contributed by atoms with Crippen LogP contribution in [0.4, 0.5) is 18.9 Å². The lowest BCUT2D eigenvalue weighted by Crippen LogP contribution is -2.07. The number of halogens is 4. The Morgan fingerprint density at radius 2 is 1.70 bits per heavy atom. The summed E-state index contributed by atoms with van der Waals surface area (Å²) in [5.41, 5.74) is 5.52. The lowest BCUT2D eigenvalue weighted by atomic mass is 10.1. The number of nitrogens with two attached hydrogens (primary N) is 1. The highest BCUT2D eigenvalue weighted by Gasteiger charge is 2.34. The summed E-state index contributed by atoms with van der Waals surface area (Å²) in [6.07, 6.45) is -4.55. The summed E-state index contributed by atoms with van der Waals surface area (Å²) < 4.78 is 43.4. The zero-order valence-electron chi connectivity index (χ0n) is 10.5. The number of hydrogen-bond donors (Lipinski definition) is 1. The average molecular weight is 302 g/mol. The van der Waals surface area contributed by atoms with Crippen molar-refractivity contribution in [2.45, 2.75) is 13.1 Å². The van der Waals surface area contributed by atoms with Crippen molar-refractivity contribution < 1.29 is 17.9 Å². The summed E-state index contributed by atoms with van der Waals surface area (Å²) in [4.78, 5) is 0. The molecule has 6 heteroatoms. The van der Waals surface area contributed by atoms with E-state index in [4.69, 9.17) is 22.1 Å². The molecule has 2 aromatic rings. The van der Waals surface area contributed by atoms with E-state index in [1.807, 2.05) is 19.1 Å². The Balaban J connectivity index is 2.34. The molecule has 0 amide bonds. The number of rotatable bonds is 2. The van der Waals surface area contributed by atoms with Gasteiger partial charge in [-0.1, -0.05) is 29.3 Å². The third-order valence-electron chi connectivity index (χ3n) is 2.65. The van der Waals surface area contributed by atoms with Crippen molar-refractivity contribution in [1.82, 2.24) is 0 Å². The highest BCUT2D eigenvalue weighted by molar-refractivity contribution is 6.31. The first-order valence-corrected chi connectivity index (χ1v) is 6.06. The van der Waals surface area contributed by atoms with Gasteiger partial charge in [-0.05, 0) is 25.1 Å². The number of ether oxygens (including phenoxy) is 1. The molecule has 2 aromatic carbocycles. The van der Waals surface area contributed by atoms with Gasteiger partial charge in [0.05, 0.1) is 16.3 Å². The summed E-state index contributed by atoms with van der Waals surface area (Å²) in [6.45, 7) is 1.91. The van der Waals surface area contributed by atoms with Crippen molar-refractivity contribution in [3.8, 4) is 11.5 Å². The zero-order chi connectivity index (χ0) is 14.9.